The highest BCUT2D eigenvalue weighted by molar-refractivity contribution is 7.18. The first-order valence-corrected chi connectivity index (χ1v) is 9.24. The first-order valence-electron chi connectivity index (χ1n) is 8.04. The molecule has 0 aliphatic rings. The van der Waals surface area contributed by atoms with Gasteiger partial charge in [0, 0.05) is 30.2 Å². The van der Waals surface area contributed by atoms with Crippen molar-refractivity contribution in [3.63, 3.8) is 0 Å². The lowest BCUT2D eigenvalue weighted by Gasteiger charge is -2.09. The Morgan fingerprint density at radius 2 is 2.14 bits per heavy atom. The number of aromatic nitrogens is 2. The summed E-state index contributed by atoms with van der Waals surface area (Å²) in [4.78, 5) is 28.1. The van der Waals surface area contributed by atoms with Crippen LogP contribution in [0.1, 0.15) is 20.8 Å². The fourth-order valence-corrected chi connectivity index (χ4v) is 3.37. The van der Waals surface area contributed by atoms with Crippen molar-refractivity contribution in [1.82, 2.24) is 9.55 Å². The average molecular weight is 438 g/mol. The molecule has 3 aromatic rings. The van der Waals surface area contributed by atoms with Crippen molar-refractivity contribution in [2.45, 2.75) is 13.0 Å². The van der Waals surface area contributed by atoms with E-state index in [1.807, 2.05) is 0 Å². The number of anilines is 1. The quantitative estimate of drug-likeness (QED) is 0.627. The number of rotatable bonds is 4. The molecule has 0 saturated carbocycles. The summed E-state index contributed by atoms with van der Waals surface area (Å²) in [7, 11) is 0. The maximum absolute atomic E-state index is 13.7. The van der Waals surface area contributed by atoms with E-state index in [1.54, 1.807) is 24.5 Å². The monoisotopic (exact) mass is 437 g/mol. The number of hydrogen-bond donors (Lipinski definition) is 1. The van der Waals surface area contributed by atoms with Crippen LogP contribution in [-0.4, -0.2) is 21.9 Å². The van der Waals surface area contributed by atoms with Crippen molar-refractivity contribution in [1.29, 1.82) is 0 Å². The molecular weight excluding hydrogens is 427 g/mol. The fourth-order valence-electron chi connectivity index (χ4n) is 2.29. The molecule has 0 unspecified atom stereocenters. The van der Waals surface area contributed by atoms with Gasteiger partial charge < -0.3 is 9.88 Å². The molecule has 10 heteroatoms. The van der Waals surface area contributed by atoms with E-state index in [-0.39, 0.29) is 14.9 Å². The van der Waals surface area contributed by atoms with E-state index in [0.717, 1.165) is 23.6 Å². The van der Waals surface area contributed by atoms with Crippen LogP contribution in [-0.2, 0) is 6.54 Å². The predicted molar refractivity (Wildman–Crippen MR) is 104 cm³/mol. The number of halogens is 4. The van der Waals surface area contributed by atoms with Crippen LogP contribution in [0.5, 0.6) is 0 Å². The third-order valence-electron chi connectivity index (χ3n) is 3.55. The highest BCUT2D eigenvalue weighted by Crippen LogP contribution is 2.27. The standard InChI is InChI=1S/C19H11ClF3N3O2S/c20-17-12(4-3-11-2-1-5-24-8-11)6-15(29-17)18(27)25-13-7-14(21)19(28)26(9-13)10-16(22)23/h1-2,5-9,16H,10H2,(H,25,27). The van der Waals surface area contributed by atoms with Crippen LogP contribution in [0, 0.1) is 17.7 Å². The van der Waals surface area contributed by atoms with Gasteiger partial charge in [-0.1, -0.05) is 23.4 Å². The number of pyridine rings is 2. The lowest BCUT2D eigenvalue weighted by Crippen LogP contribution is -2.26. The Morgan fingerprint density at radius 3 is 2.83 bits per heavy atom. The number of amides is 1. The molecule has 0 aliphatic heterocycles. The molecule has 3 aromatic heterocycles. The van der Waals surface area contributed by atoms with Crippen LogP contribution in [0.25, 0.3) is 0 Å². The molecule has 29 heavy (non-hydrogen) atoms. The summed E-state index contributed by atoms with van der Waals surface area (Å²) in [5.74, 6) is 3.80. The minimum Gasteiger partial charge on any atom is -0.320 e. The molecular formula is C19H11ClF3N3O2S. The fraction of sp³-hybridized carbons (Fsp3) is 0.105. The van der Waals surface area contributed by atoms with Crippen LogP contribution in [0.3, 0.4) is 0 Å². The van der Waals surface area contributed by atoms with Crippen molar-refractivity contribution in [3.8, 4) is 11.8 Å². The van der Waals surface area contributed by atoms with Crippen LogP contribution in [0.4, 0.5) is 18.9 Å². The lowest BCUT2D eigenvalue weighted by atomic mass is 10.2. The van der Waals surface area contributed by atoms with Crippen LogP contribution < -0.4 is 10.9 Å². The van der Waals surface area contributed by atoms with Crippen molar-refractivity contribution in [2.75, 3.05) is 5.32 Å². The van der Waals surface area contributed by atoms with Gasteiger partial charge >= 0.3 is 0 Å². The molecule has 1 amide bonds. The normalized spacial score (nSPS) is 10.5. The second kappa shape index (κ2) is 8.94. The Hall–Kier alpha value is -3.09. The number of thiophene rings is 1. The van der Waals surface area contributed by atoms with Crippen molar-refractivity contribution < 1.29 is 18.0 Å². The zero-order valence-electron chi connectivity index (χ0n) is 14.5. The molecule has 0 aromatic carbocycles. The van der Waals surface area contributed by atoms with Gasteiger partial charge in [-0.2, -0.15) is 0 Å². The van der Waals surface area contributed by atoms with Gasteiger partial charge in [0.2, 0.25) is 0 Å². The van der Waals surface area contributed by atoms with E-state index >= 15 is 0 Å². The van der Waals surface area contributed by atoms with Crippen molar-refractivity contribution >= 4 is 34.5 Å². The summed E-state index contributed by atoms with van der Waals surface area (Å²) in [5.41, 5.74) is -0.257. The Kier molecular flexibility index (Phi) is 6.36. The van der Waals surface area contributed by atoms with Gasteiger partial charge in [-0.05, 0) is 18.2 Å². The first-order chi connectivity index (χ1) is 13.8. The molecule has 0 radical (unpaired) electrons. The highest BCUT2D eigenvalue weighted by atomic mass is 35.5. The summed E-state index contributed by atoms with van der Waals surface area (Å²) < 4.78 is 39.6. The number of nitrogens with one attached hydrogen (secondary N) is 1. The largest absolute Gasteiger partial charge is 0.320 e. The molecule has 148 valence electrons. The molecule has 0 atom stereocenters. The van der Waals surface area contributed by atoms with E-state index in [2.05, 4.69) is 22.1 Å². The second-order valence-electron chi connectivity index (χ2n) is 5.67. The zero-order chi connectivity index (χ0) is 21.0. The third-order valence-corrected chi connectivity index (χ3v) is 4.91. The Labute approximate surface area is 171 Å². The van der Waals surface area contributed by atoms with Gasteiger partial charge in [-0.25, -0.2) is 13.2 Å². The van der Waals surface area contributed by atoms with E-state index < -0.39 is 30.3 Å². The Morgan fingerprint density at radius 1 is 1.34 bits per heavy atom. The number of alkyl halides is 2. The lowest BCUT2D eigenvalue weighted by molar-refractivity contribution is 0.103. The van der Waals surface area contributed by atoms with Gasteiger partial charge in [0.05, 0.1) is 22.7 Å². The van der Waals surface area contributed by atoms with Crippen molar-refractivity contribution in [3.05, 3.63) is 79.4 Å². The van der Waals surface area contributed by atoms with Gasteiger partial charge in [-0.3, -0.25) is 14.6 Å². The molecule has 0 bridgehead atoms. The number of carbonyl (C=O) groups excluding carboxylic acids is 1. The summed E-state index contributed by atoms with van der Waals surface area (Å²) in [6.07, 6.45) is 1.28. The van der Waals surface area contributed by atoms with Gasteiger partial charge in [0.25, 0.3) is 17.9 Å². The smallest absolute Gasteiger partial charge is 0.286 e. The van der Waals surface area contributed by atoms with Crippen LogP contribution >= 0.6 is 22.9 Å². The maximum atomic E-state index is 13.7. The van der Waals surface area contributed by atoms with Crippen LogP contribution in [0.2, 0.25) is 4.34 Å². The molecule has 3 heterocycles. The zero-order valence-corrected chi connectivity index (χ0v) is 16.0. The minimum absolute atomic E-state index is 0.139. The van der Waals surface area contributed by atoms with Gasteiger partial charge in [-0.15, -0.1) is 11.3 Å². The van der Waals surface area contributed by atoms with E-state index in [4.69, 9.17) is 11.6 Å². The molecule has 5 nitrogen and oxygen atoms in total. The summed E-state index contributed by atoms with van der Waals surface area (Å²) in [6, 6.07) is 5.71. The number of carbonyl (C=O) groups is 1. The van der Waals surface area contributed by atoms with E-state index in [9.17, 15) is 22.8 Å². The van der Waals surface area contributed by atoms with E-state index in [1.165, 1.54) is 6.07 Å². The van der Waals surface area contributed by atoms with Gasteiger partial charge in [0.1, 0.15) is 4.34 Å². The van der Waals surface area contributed by atoms with Gasteiger partial charge in [0.15, 0.2) is 5.82 Å². The summed E-state index contributed by atoms with van der Waals surface area (Å²) in [6.45, 7) is -0.988. The predicted octanol–water partition coefficient (Wildman–Crippen LogP) is 4.01. The molecule has 0 saturated heterocycles. The second-order valence-corrected chi connectivity index (χ2v) is 7.32. The molecule has 1 N–H and O–H groups in total. The molecule has 0 fully saturated rings. The first kappa shape index (κ1) is 20.6. The number of nitrogens with zero attached hydrogens (tertiary/aromatic N) is 2. The third kappa shape index (κ3) is 5.25. The summed E-state index contributed by atoms with van der Waals surface area (Å²) >= 11 is 7.07. The topological polar surface area (TPSA) is 64.0 Å². The molecule has 3 rings (SSSR count). The highest BCUT2D eigenvalue weighted by Gasteiger charge is 2.16. The summed E-state index contributed by atoms with van der Waals surface area (Å²) in [5, 5.41) is 2.36. The number of hydrogen-bond acceptors (Lipinski definition) is 4. The molecule has 0 spiro atoms. The average Bonchev–Trinajstić information content (AvgIpc) is 3.05. The minimum atomic E-state index is -2.85. The van der Waals surface area contributed by atoms with Crippen LogP contribution in [0.15, 0.2) is 47.7 Å². The maximum Gasteiger partial charge on any atom is 0.286 e. The Balaban J connectivity index is 1.81. The van der Waals surface area contributed by atoms with E-state index in [0.29, 0.717) is 15.7 Å². The Bertz CT molecular complexity index is 1170. The SMILES string of the molecule is O=C(Nc1cc(F)c(=O)n(CC(F)F)c1)c1cc(C#Cc2cccnc2)c(Cl)s1. The molecule has 0 aliphatic carbocycles. The van der Waals surface area contributed by atoms with Crippen molar-refractivity contribution in [2.24, 2.45) is 0 Å².